The average molecular weight is 232 g/mol. The van der Waals surface area contributed by atoms with Crippen molar-refractivity contribution in [2.45, 2.75) is 6.92 Å². The van der Waals surface area contributed by atoms with Crippen molar-refractivity contribution in [2.75, 3.05) is 0 Å². The van der Waals surface area contributed by atoms with E-state index in [9.17, 15) is 4.79 Å². The van der Waals surface area contributed by atoms with E-state index in [2.05, 4.69) is 4.98 Å². The second kappa shape index (κ2) is 4.45. The number of rotatable bonds is 2. The molecule has 0 N–H and O–H groups in total. The zero-order valence-corrected chi connectivity index (χ0v) is 9.53. The lowest BCUT2D eigenvalue weighted by Crippen LogP contribution is -1.93. The normalized spacial score (nSPS) is 10.1. The minimum atomic E-state index is 0.0122. The minimum absolute atomic E-state index is 0.0122. The largest absolute Gasteiger partial charge is 0.294 e. The fourth-order valence-electron chi connectivity index (χ4n) is 1.43. The van der Waals surface area contributed by atoms with Gasteiger partial charge >= 0.3 is 0 Å². The fourth-order valence-corrected chi connectivity index (χ4v) is 1.66. The Bertz CT molecular complexity index is 520. The van der Waals surface area contributed by atoms with Gasteiger partial charge in [0, 0.05) is 22.3 Å². The lowest BCUT2D eigenvalue weighted by molar-refractivity contribution is 0.101. The molecule has 2 rings (SSSR count). The maximum Gasteiger partial charge on any atom is 0.161 e. The van der Waals surface area contributed by atoms with E-state index in [0.717, 1.165) is 11.3 Å². The van der Waals surface area contributed by atoms with Gasteiger partial charge < -0.3 is 0 Å². The van der Waals surface area contributed by atoms with Crippen molar-refractivity contribution in [1.29, 1.82) is 0 Å². The zero-order valence-electron chi connectivity index (χ0n) is 8.77. The molecule has 1 aromatic carbocycles. The maximum absolute atomic E-state index is 11.1. The van der Waals surface area contributed by atoms with Crippen LogP contribution in [0.4, 0.5) is 0 Å². The van der Waals surface area contributed by atoms with Crippen LogP contribution in [0.3, 0.4) is 0 Å². The van der Waals surface area contributed by atoms with Crippen LogP contribution in [-0.2, 0) is 0 Å². The summed E-state index contributed by atoms with van der Waals surface area (Å²) < 4.78 is 0. The molecule has 0 spiro atoms. The molecule has 0 unspecified atom stereocenters. The third kappa shape index (κ3) is 2.12. The number of nitrogens with zero attached hydrogens (tertiary/aromatic N) is 1. The van der Waals surface area contributed by atoms with Crippen molar-refractivity contribution in [2.24, 2.45) is 0 Å². The van der Waals surface area contributed by atoms with E-state index in [0.29, 0.717) is 10.6 Å². The molecule has 0 aliphatic heterocycles. The highest BCUT2D eigenvalue weighted by molar-refractivity contribution is 6.33. The molecule has 0 bridgehead atoms. The summed E-state index contributed by atoms with van der Waals surface area (Å²) in [6.45, 7) is 1.52. The van der Waals surface area contributed by atoms with Gasteiger partial charge in [-0.05, 0) is 25.1 Å². The van der Waals surface area contributed by atoms with Crippen molar-refractivity contribution in [1.82, 2.24) is 4.98 Å². The summed E-state index contributed by atoms with van der Waals surface area (Å²) in [6.07, 6.45) is 1.57. The highest BCUT2D eigenvalue weighted by Crippen LogP contribution is 2.25. The molecule has 0 aliphatic carbocycles. The Hall–Kier alpha value is -1.67. The highest BCUT2D eigenvalue weighted by atomic mass is 35.5. The van der Waals surface area contributed by atoms with E-state index in [1.54, 1.807) is 18.3 Å². The number of carbonyl (C=O) groups excluding carboxylic acids is 1. The van der Waals surface area contributed by atoms with E-state index in [4.69, 9.17) is 11.6 Å². The Morgan fingerprint density at radius 3 is 2.50 bits per heavy atom. The van der Waals surface area contributed by atoms with Crippen LogP contribution in [-0.4, -0.2) is 10.8 Å². The van der Waals surface area contributed by atoms with Crippen molar-refractivity contribution < 1.29 is 4.79 Å². The van der Waals surface area contributed by atoms with Crippen LogP contribution in [0.15, 0.2) is 42.6 Å². The standard InChI is InChI=1S/C13H10ClNO/c1-9(16)10-6-7-13(15-8-10)11-4-2-3-5-12(11)14/h2-8H,1H3. The van der Waals surface area contributed by atoms with E-state index in [-0.39, 0.29) is 5.78 Å². The molecule has 0 fully saturated rings. The average Bonchev–Trinajstić information content (AvgIpc) is 2.30. The third-order valence-electron chi connectivity index (χ3n) is 2.32. The Morgan fingerprint density at radius 2 is 1.94 bits per heavy atom. The molecular weight excluding hydrogens is 222 g/mol. The minimum Gasteiger partial charge on any atom is -0.294 e. The van der Waals surface area contributed by atoms with Crippen LogP contribution in [0.5, 0.6) is 0 Å². The number of pyridine rings is 1. The molecule has 3 heteroatoms. The number of ketones is 1. The summed E-state index contributed by atoms with van der Waals surface area (Å²) in [5, 5.41) is 0.658. The highest BCUT2D eigenvalue weighted by Gasteiger charge is 2.05. The fraction of sp³-hybridized carbons (Fsp3) is 0.0769. The van der Waals surface area contributed by atoms with Gasteiger partial charge in [-0.25, -0.2) is 0 Å². The van der Waals surface area contributed by atoms with E-state index in [1.807, 2.05) is 24.3 Å². The number of hydrogen-bond acceptors (Lipinski definition) is 2. The van der Waals surface area contributed by atoms with Gasteiger partial charge in [-0.1, -0.05) is 29.8 Å². The smallest absolute Gasteiger partial charge is 0.161 e. The van der Waals surface area contributed by atoms with Gasteiger partial charge in [0.25, 0.3) is 0 Å². The van der Waals surface area contributed by atoms with Gasteiger partial charge in [-0.2, -0.15) is 0 Å². The first kappa shape index (κ1) is 10.8. The number of hydrogen-bond donors (Lipinski definition) is 0. The summed E-state index contributed by atoms with van der Waals surface area (Å²) in [5.74, 6) is 0.0122. The first-order chi connectivity index (χ1) is 7.68. The van der Waals surface area contributed by atoms with Crippen LogP contribution >= 0.6 is 11.6 Å². The van der Waals surface area contributed by atoms with Crippen LogP contribution in [0.1, 0.15) is 17.3 Å². The Balaban J connectivity index is 2.43. The number of benzene rings is 1. The van der Waals surface area contributed by atoms with Crippen molar-refractivity contribution in [3.8, 4) is 11.3 Å². The Labute approximate surface area is 98.9 Å². The van der Waals surface area contributed by atoms with Crippen LogP contribution in [0, 0.1) is 0 Å². The molecule has 0 aliphatic rings. The molecule has 0 amide bonds. The molecule has 16 heavy (non-hydrogen) atoms. The van der Waals surface area contributed by atoms with Gasteiger partial charge in [-0.15, -0.1) is 0 Å². The van der Waals surface area contributed by atoms with Crippen LogP contribution < -0.4 is 0 Å². The zero-order chi connectivity index (χ0) is 11.5. The number of aromatic nitrogens is 1. The number of halogens is 1. The van der Waals surface area contributed by atoms with Crippen molar-refractivity contribution >= 4 is 17.4 Å². The quantitative estimate of drug-likeness (QED) is 0.739. The van der Waals surface area contributed by atoms with Crippen LogP contribution in [0.2, 0.25) is 5.02 Å². The second-order valence-corrected chi connectivity index (χ2v) is 3.88. The predicted molar refractivity (Wildman–Crippen MR) is 64.7 cm³/mol. The SMILES string of the molecule is CC(=O)c1ccc(-c2ccccc2Cl)nc1. The van der Waals surface area contributed by atoms with Gasteiger partial charge in [0.2, 0.25) is 0 Å². The van der Waals surface area contributed by atoms with E-state index < -0.39 is 0 Å². The first-order valence-electron chi connectivity index (χ1n) is 4.90. The molecule has 0 saturated heterocycles. The summed E-state index contributed by atoms with van der Waals surface area (Å²) in [6, 6.07) is 11.1. The molecular formula is C13H10ClNO. The summed E-state index contributed by atoms with van der Waals surface area (Å²) >= 11 is 6.05. The molecule has 2 nitrogen and oxygen atoms in total. The summed E-state index contributed by atoms with van der Waals surface area (Å²) in [4.78, 5) is 15.3. The van der Waals surface area contributed by atoms with Crippen molar-refractivity contribution in [3.05, 3.63) is 53.2 Å². The lowest BCUT2D eigenvalue weighted by atomic mass is 10.1. The second-order valence-electron chi connectivity index (χ2n) is 3.47. The van der Waals surface area contributed by atoms with Crippen LogP contribution in [0.25, 0.3) is 11.3 Å². The summed E-state index contributed by atoms with van der Waals surface area (Å²) in [7, 11) is 0. The van der Waals surface area contributed by atoms with Gasteiger partial charge in [0.1, 0.15) is 0 Å². The monoisotopic (exact) mass is 231 g/mol. The Morgan fingerprint density at radius 1 is 1.19 bits per heavy atom. The van der Waals surface area contributed by atoms with E-state index in [1.165, 1.54) is 6.92 Å². The maximum atomic E-state index is 11.1. The molecule has 2 aromatic rings. The summed E-state index contributed by atoms with van der Waals surface area (Å²) in [5.41, 5.74) is 2.26. The molecule has 0 radical (unpaired) electrons. The molecule has 1 aromatic heterocycles. The molecule has 0 atom stereocenters. The lowest BCUT2D eigenvalue weighted by Gasteiger charge is -2.03. The predicted octanol–water partition coefficient (Wildman–Crippen LogP) is 3.60. The third-order valence-corrected chi connectivity index (χ3v) is 2.65. The Kier molecular flexibility index (Phi) is 3.02. The van der Waals surface area contributed by atoms with Gasteiger partial charge in [-0.3, -0.25) is 9.78 Å². The topological polar surface area (TPSA) is 30.0 Å². The number of Topliss-reactive ketones (excluding diaryl/α,β-unsaturated/α-hetero) is 1. The van der Waals surface area contributed by atoms with Crippen molar-refractivity contribution in [3.63, 3.8) is 0 Å². The van der Waals surface area contributed by atoms with Gasteiger partial charge in [0.05, 0.1) is 5.69 Å². The molecule has 0 saturated carbocycles. The molecule has 1 heterocycles. The number of carbonyl (C=O) groups is 1. The first-order valence-corrected chi connectivity index (χ1v) is 5.28. The van der Waals surface area contributed by atoms with E-state index >= 15 is 0 Å². The molecule has 80 valence electrons. The van der Waals surface area contributed by atoms with Gasteiger partial charge in [0.15, 0.2) is 5.78 Å².